The molecule has 0 saturated heterocycles. The molecular weight excluding hydrogens is 307 g/mol. The number of halogens is 1. The van der Waals surface area contributed by atoms with Crippen LogP contribution in [0, 0.1) is 3.57 Å². The van der Waals surface area contributed by atoms with Gasteiger partial charge in [0.15, 0.2) is 0 Å². The summed E-state index contributed by atoms with van der Waals surface area (Å²) in [5, 5.41) is 0. The van der Waals surface area contributed by atoms with Gasteiger partial charge < -0.3 is 0 Å². The molecule has 4 heteroatoms. The van der Waals surface area contributed by atoms with Crippen LogP contribution in [0.1, 0.15) is 13.8 Å². The minimum absolute atomic E-state index is 0.488. The Morgan fingerprint density at radius 2 is 1.67 bits per heavy atom. The summed E-state index contributed by atoms with van der Waals surface area (Å²) in [7, 11) is 0. The molecule has 0 aliphatic rings. The van der Waals surface area contributed by atoms with Crippen molar-refractivity contribution in [3.8, 4) is 0 Å². The van der Waals surface area contributed by atoms with Gasteiger partial charge in [0.2, 0.25) is 0 Å². The summed E-state index contributed by atoms with van der Waals surface area (Å²) in [6, 6.07) is 10.1. The van der Waals surface area contributed by atoms with Crippen LogP contribution in [0.4, 0.5) is 0 Å². The first-order valence-electron chi connectivity index (χ1n) is 4.95. The first-order chi connectivity index (χ1) is 7.36. The number of benzene rings is 1. The van der Waals surface area contributed by atoms with Crippen LogP contribution in [0.2, 0.25) is 0 Å². The van der Waals surface area contributed by atoms with Crippen LogP contribution in [0.25, 0.3) is 0 Å². The van der Waals surface area contributed by atoms with Gasteiger partial charge in [0.05, 0.1) is 0 Å². The molecular formula is C11H16IO3-. The van der Waals surface area contributed by atoms with Crippen LogP contribution in [-0.2, 0) is 12.5 Å². The molecule has 0 N–H and O–H groups in total. The van der Waals surface area contributed by atoms with Gasteiger partial charge in [-0.05, 0) is 0 Å². The van der Waals surface area contributed by atoms with Gasteiger partial charge in [-0.15, -0.1) is 0 Å². The molecule has 1 rings (SSSR count). The van der Waals surface area contributed by atoms with Crippen LogP contribution < -0.4 is 21.6 Å². The molecule has 0 radical (unpaired) electrons. The molecule has 0 unspecified atom stereocenters. The van der Waals surface area contributed by atoms with Crippen molar-refractivity contribution in [3.63, 3.8) is 0 Å². The van der Waals surface area contributed by atoms with Crippen molar-refractivity contribution in [1.29, 1.82) is 0 Å². The topological polar surface area (TPSA) is 27.7 Å². The van der Waals surface area contributed by atoms with E-state index in [1.54, 1.807) is 0 Å². The zero-order valence-electron chi connectivity index (χ0n) is 8.98. The number of hydrogen-bond donors (Lipinski definition) is 0. The Balaban J connectivity index is 2.33. The first kappa shape index (κ1) is 12.9. The molecule has 0 atom stereocenters. The van der Waals surface area contributed by atoms with Gasteiger partial charge in [-0.1, -0.05) is 0 Å². The summed E-state index contributed by atoms with van der Waals surface area (Å²) >= 11 is -0.488. The third kappa shape index (κ3) is 5.46. The molecule has 86 valence electrons. The predicted molar refractivity (Wildman–Crippen MR) is 53.3 cm³/mol. The SMILES string of the molecule is CCOC(OCC)O[I-]c1ccccc1. The Morgan fingerprint density at radius 1 is 1.07 bits per heavy atom. The minimum atomic E-state index is -0.506. The Bertz CT molecular complexity index is 247. The molecule has 0 saturated carbocycles. The van der Waals surface area contributed by atoms with Gasteiger partial charge in [-0.2, -0.15) is 0 Å². The van der Waals surface area contributed by atoms with E-state index in [2.05, 4.69) is 12.1 Å². The maximum atomic E-state index is 5.57. The van der Waals surface area contributed by atoms with Crippen LogP contribution in [0.3, 0.4) is 0 Å². The van der Waals surface area contributed by atoms with Crippen LogP contribution >= 0.6 is 0 Å². The summed E-state index contributed by atoms with van der Waals surface area (Å²) in [6.45, 7) is 4.55. The van der Waals surface area contributed by atoms with Crippen molar-refractivity contribution in [2.45, 2.75) is 20.3 Å². The monoisotopic (exact) mass is 323 g/mol. The fourth-order valence-corrected chi connectivity index (χ4v) is 2.43. The summed E-state index contributed by atoms with van der Waals surface area (Å²) in [5.41, 5.74) is 0. The standard InChI is InChI=1S/C11H16IO3/c1-3-13-11(14-4-2)15-12-10-8-6-5-7-9-10/h5-9,11H,3-4H2,1-2H3/q-1. The van der Waals surface area contributed by atoms with Gasteiger partial charge >= 0.3 is 102 Å². The molecule has 0 bridgehead atoms. The third-order valence-corrected chi connectivity index (χ3v) is 3.44. The second-order valence-corrected chi connectivity index (χ2v) is 4.86. The average molecular weight is 323 g/mol. The molecule has 0 aromatic heterocycles. The van der Waals surface area contributed by atoms with Crippen molar-refractivity contribution >= 4 is 0 Å². The van der Waals surface area contributed by atoms with E-state index >= 15 is 0 Å². The third-order valence-electron chi connectivity index (χ3n) is 1.54. The summed E-state index contributed by atoms with van der Waals surface area (Å²) in [6.07, 6.45) is 0. The second kappa shape index (κ2) is 8.04. The normalized spacial score (nSPS) is 11.1. The van der Waals surface area contributed by atoms with Crippen molar-refractivity contribution in [3.05, 3.63) is 33.9 Å². The second-order valence-electron chi connectivity index (χ2n) is 2.66. The Hall–Kier alpha value is -0.170. The van der Waals surface area contributed by atoms with Gasteiger partial charge in [0, 0.05) is 0 Å². The molecule has 0 aliphatic heterocycles. The van der Waals surface area contributed by atoms with Crippen molar-refractivity contribution < 1.29 is 34.2 Å². The number of ether oxygens (including phenoxy) is 2. The van der Waals surface area contributed by atoms with Gasteiger partial charge in [0.25, 0.3) is 0 Å². The van der Waals surface area contributed by atoms with E-state index < -0.39 is 28.1 Å². The van der Waals surface area contributed by atoms with E-state index in [1.807, 2.05) is 32.0 Å². The first-order valence-corrected chi connectivity index (χ1v) is 6.91. The molecule has 0 amide bonds. The van der Waals surface area contributed by atoms with Crippen molar-refractivity contribution in [2.24, 2.45) is 0 Å². The van der Waals surface area contributed by atoms with Crippen LogP contribution in [0.15, 0.2) is 30.3 Å². The fourth-order valence-electron chi connectivity index (χ4n) is 0.926. The molecule has 0 heterocycles. The molecule has 3 nitrogen and oxygen atoms in total. The molecule has 15 heavy (non-hydrogen) atoms. The zero-order chi connectivity index (χ0) is 10.9. The van der Waals surface area contributed by atoms with E-state index in [0.717, 1.165) is 0 Å². The zero-order valence-corrected chi connectivity index (χ0v) is 11.1. The summed E-state index contributed by atoms with van der Waals surface area (Å²) in [5.74, 6) is 0. The Kier molecular flexibility index (Phi) is 6.91. The molecule has 0 fully saturated rings. The maximum absolute atomic E-state index is 5.57. The average Bonchev–Trinajstić information content (AvgIpc) is 2.28. The van der Waals surface area contributed by atoms with Gasteiger partial charge in [-0.3, -0.25) is 0 Å². The Morgan fingerprint density at radius 3 is 2.20 bits per heavy atom. The van der Waals surface area contributed by atoms with E-state index in [1.165, 1.54) is 3.57 Å². The van der Waals surface area contributed by atoms with Crippen molar-refractivity contribution in [1.82, 2.24) is 0 Å². The van der Waals surface area contributed by atoms with E-state index in [4.69, 9.17) is 12.5 Å². The van der Waals surface area contributed by atoms with Gasteiger partial charge in [-0.25, -0.2) is 0 Å². The van der Waals surface area contributed by atoms with E-state index in [9.17, 15) is 0 Å². The molecule has 1 aromatic rings. The number of rotatable bonds is 7. The summed E-state index contributed by atoms with van der Waals surface area (Å²) < 4.78 is 17.4. The quantitative estimate of drug-likeness (QED) is 0.487. The van der Waals surface area contributed by atoms with Gasteiger partial charge in [0.1, 0.15) is 0 Å². The van der Waals surface area contributed by atoms with Crippen LogP contribution in [0.5, 0.6) is 0 Å². The number of hydrogen-bond acceptors (Lipinski definition) is 3. The Labute approximate surface area is 102 Å². The molecule has 0 aliphatic carbocycles. The van der Waals surface area contributed by atoms with Crippen LogP contribution in [-0.4, -0.2) is 19.7 Å². The molecule has 0 spiro atoms. The fraction of sp³-hybridized carbons (Fsp3) is 0.455. The van der Waals surface area contributed by atoms with Crippen molar-refractivity contribution in [2.75, 3.05) is 13.2 Å². The predicted octanol–water partition coefficient (Wildman–Crippen LogP) is -0.767. The summed E-state index contributed by atoms with van der Waals surface area (Å²) in [4.78, 5) is 0. The van der Waals surface area contributed by atoms with E-state index in [-0.39, 0.29) is 0 Å². The van der Waals surface area contributed by atoms with E-state index in [0.29, 0.717) is 13.2 Å². The molecule has 1 aromatic carbocycles.